The summed E-state index contributed by atoms with van der Waals surface area (Å²) in [5, 5.41) is 2.95. The number of likely N-dealkylation sites (N-methyl/N-ethyl adjacent to an activating group) is 1. The largest absolute Gasteiger partial charge is 0.484 e. The predicted octanol–water partition coefficient (Wildman–Crippen LogP) is 2.56. The van der Waals surface area contributed by atoms with E-state index in [4.69, 9.17) is 4.74 Å². The van der Waals surface area contributed by atoms with Crippen LogP contribution in [0.5, 0.6) is 5.75 Å². The molecule has 0 aromatic heterocycles. The SMILES string of the molecule is CN1CCN(CCCNC(=O)COc2ccccc2)C(c2ccccc2)C1. The van der Waals surface area contributed by atoms with Gasteiger partial charge in [-0.1, -0.05) is 48.5 Å². The number of amides is 1. The van der Waals surface area contributed by atoms with Crippen molar-refractivity contribution in [1.29, 1.82) is 0 Å². The Hall–Kier alpha value is -2.37. The van der Waals surface area contributed by atoms with Gasteiger partial charge in [0.2, 0.25) is 0 Å². The molecule has 144 valence electrons. The second kappa shape index (κ2) is 10.1. The average Bonchev–Trinajstić information content (AvgIpc) is 2.72. The molecule has 5 heteroatoms. The highest BCUT2D eigenvalue weighted by Gasteiger charge is 2.25. The molecule has 27 heavy (non-hydrogen) atoms. The molecule has 1 unspecified atom stereocenters. The van der Waals surface area contributed by atoms with Crippen molar-refractivity contribution < 1.29 is 9.53 Å². The molecule has 1 aliphatic rings. The summed E-state index contributed by atoms with van der Waals surface area (Å²) < 4.78 is 5.47. The molecule has 3 rings (SSSR count). The van der Waals surface area contributed by atoms with Crippen LogP contribution in [0.25, 0.3) is 0 Å². The summed E-state index contributed by atoms with van der Waals surface area (Å²) in [6, 6.07) is 20.5. The van der Waals surface area contributed by atoms with Crippen molar-refractivity contribution in [2.24, 2.45) is 0 Å². The molecule has 1 atom stereocenters. The lowest BCUT2D eigenvalue weighted by atomic mass is 10.0. The fraction of sp³-hybridized carbons (Fsp3) is 0.409. The monoisotopic (exact) mass is 367 g/mol. The molecule has 1 fully saturated rings. The molecular weight excluding hydrogens is 338 g/mol. The first-order valence-electron chi connectivity index (χ1n) is 9.64. The number of hydrogen-bond acceptors (Lipinski definition) is 4. The first-order chi connectivity index (χ1) is 13.2. The minimum atomic E-state index is -0.0724. The second-order valence-corrected chi connectivity index (χ2v) is 7.03. The smallest absolute Gasteiger partial charge is 0.257 e. The van der Waals surface area contributed by atoms with Crippen LogP contribution in [0, 0.1) is 0 Å². The maximum Gasteiger partial charge on any atom is 0.257 e. The number of para-hydroxylation sites is 1. The van der Waals surface area contributed by atoms with E-state index in [1.54, 1.807) is 0 Å². The number of benzene rings is 2. The summed E-state index contributed by atoms with van der Waals surface area (Å²) >= 11 is 0. The van der Waals surface area contributed by atoms with Gasteiger partial charge >= 0.3 is 0 Å². The van der Waals surface area contributed by atoms with Crippen molar-refractivity contribution in [1.82, 2.24) is 15.1 Å². The van der Waals surface area contributed by atoms with E-state index in [9.17, 15) is 4.79 Å². The van der Waals surface area contributed by atoms with E-state index >= 15 is 0 Å². The first kappa shape index (κ1) is 19.4. The van der Waals surface area contributed by atoms with Gasteiger partial charge in [-0.2, -0.15) is 0 Å². The maximum absolute atomic E-state index is 11.9. The third kappa shape index (κ3) is 6.08. The highest BCUT2D eigenvalue weighted by atomic mass is 16.5. The summed E-state index contributed by atoms with van der Waals surface area (Å²) in [6.07, 6.45) is 0.935. The lowest BCUT2D eigenvalue weighted by molar-refractivity contribution is -0.123. The summed E-state index contributed by atoms with van der Waals surface area (Å²) in [7, 11) is 2.18. The Bertz CT molecular complexity index is 693. The molecule has 0 bridgehead atoms. The van der Waals surface area contributed by atoms with Crippen LogP contribution >= 0.6 is 0 Å². The molecule has 0 aliphatic carbocycles. The fourth-order valence-electron chi connectivity index (χ4n) is 3.44. The van der Waals surface area contributed by atoms with Gasteiger partial charge in [-0.25, -0.2) is 0 Å². The average molecular weight is 367 g/mol. The lowest BCUT2D eigenvalue weighted by Gasteiger charge is -2.40. The topological polar surface area (TPSA) is 44.8 Å². The van der Waals surface area contributed by atoms with Gasteiger partial charge in [0.1, 0.15) is 5.75 Å². The van der Waals surface area contributed by atoms with Crippen LogP contribution in [0.1, 0.15) is 18.0 Å². The van der Waals surface area contributed by atoms with Crippen LogP contribution in [-0.4, -0.2) is 62.1 Å². The van der Waals surface area contributed by atoms with Gasteiger partial charge in [0.15, 0.2) is 6.61 Å². The summed E-state index contributed by atoms with van der Waals surface area (Å²) in [5.74, 6) is 0.646. The van der Waals surface area contributed by atoms with Gasteiger partial charge in [-0.05, 0) is 31.2 Å². The third-order valence-corrected chi connectivity index (χ3v) is 4.94. The van der Waals surface area contributed by atoms with Crippen LogP contribution in [0.3, 0.4) is 0 Å². The molecule has 0 saturated carbocycles. The number of hydrogen-bond donors (Lipinski definition) is 1. The molecule has 1 aliphatic heterocycles. The number of rotatable bonds is 8. The van der Waals surface area contributed by atoms with Gasteiger partial charge in [0.25, 0.3) is 5.91 Å². The molecule has 1 amide bonds. The number of ether oxygens (including phenoxy) is 1. The number of piperazine rings is 1. The molecule has 1 saturated heterocycles. The van der Waals surface area contributed by atoms with E-state index < -0.39 is 0 Å². The molecule has 2 aromatic carbocycles. The van der Waals surface area contributed by atoms with Crippen molar-refractivity contribution in [2.45, 2.75) is 12.5 Å². The first-order valence-corrected chi connectivity index (χ1v) is 9.64. The molecular formula is C22H29N3O2. The number of carbonyl (C=O) groups is 1. The maximum atomic E-state index is 11.9. The van der Waals surface area contributed by atoms with Gasteiger partial charge in [0, 0.05) is 38.8 Å². The van der Waals surface area contributed by atoms with E-state index in [1.165, 1.54) is 5.56 Å². The molecule has 1 heterocycles. The Balaban J connectivity index is 1.40. The van der Waals surface area contributed by atoms with Crippen LogP contribution in [0.4, 0.5) is 0 Å². The minimum Gasteiger partial charge on any atom is -0.484 e. The zero-order chi connectivity index (χ0) is 18.9. The minimum absolute atomic E-state index is 0.0607. The van der Waals surface area contributed by atoms with E-state index in [0.717, 1.165) is 38.3 Å². The highest BCUT2D eigenvalue weighted by molar-refractivity contribution is 5.77. The Labute approximate surface area is 161 Å². The summed E-state index contributed by atoms with van der Waals surface area (Å²) in [4.78, 5) is 16.9. The highest BCUT2D eigenvalue weighted by Crippen LogP contribution is 2.24. The Kier molecular flexibility index (Phi) is 7.25. The Morgan fingerprint density at radius 3 is 2.52 bits per heavy atom. The number of carbonyl (C=O) groups excluding carboxylic acids is 1. The fourth-order valence-corrected chi connectivity index (χ4v) is 3.44. The van der Waals surface area contributed by atoms with Crippen molar-refractivity contribution in [3.63, 3.8) is 0 Å². The van der Waals surface area contributed by atoms with Gasteiger partial charge in [-0.3, -0.25) is 9.69 Å². The number of nitrogens with zero attached hydrogens (tertiary/aromatic N) is 2. The van der Waals surface area contributed by atoms with E-state index in [2.05, 4.69) is 52.5 Å². The molecule has 5 nitrogen and oxygen atoms in total. The normalized spacial score (nSPS) is 18.2. The third-order valence-electron chi connectivity index (χ3n) is 4.94. The van der Waals surface area contributed by atoms with E-state index in [1.807, 2.05) is 30.3 Å². The van der Waals surface area contributed by atoms with Crippen molar-refractivity contribution in [2.75, 3.05) is 46.4 Å². The van der Waals surface area contributed by atoms with E-state index in [0.29, 0.717) is 12.6 Å². The van der Waals surface area contributed by atoms with Gasteiger partial charge in [0.05, 0.1) is 0 Å². The van der Waals surface area contributed by atoms with Gasteiger partial charge < -0.3 is 15.0 Å². The van der Waals surface area contributed by atoms with Gasteiger partial charge in [-0.15, -0.1) is 0 Å². The molecule has 0 spiro atoms. The summed E-state index contributed by atoms with van der Waals surface area (Å²) in [6.45, 7) is 4.90. The summed E-state index contributed by atoms with van der Waals surface area (Å²) in [5.41, 5.74) is 1.37. The Morgan fingerprint density at radius 1 is 1.07 bits per heavy atom. The quantitative estimate of drug-likeness (QED) is 0.729. The van der Waals surface area contributed by atoms with Crippen molar-refractivity contribution in [3.05, 3.63) is 66.2 Å². The van der Waals surface area contributed by atoms with Crippen molar-refractivity contribution in [3.8, 4) is 5.75 Å². The van der Waals surface area contributed by atoms with Crippen LogP contribution in [0.15, 0.2) is 60.7 Å². The zero-order valence-electron chi connectivity index (χ0n) is 16.0. The standard InChI is InChI=1S/C22H29N3O2/c1-24-15-16-25(21(17-24)19-9-4-2-5-10-19)14-8-13-23-22(26)18-27-20-11-6-3-7-12-20/h2-7,9-12,21H,8,13-18H2,1H3,(H,23,26). The van der Waals surface area contributed by atoms with Crippen LogP contribution < -0.4 is 10.1 Å². The predicted molar refractivity (Wildman–Crippen MR) is 108 cm³/mol. The van der Waals surface area contributed by atoms with Crippen molar-refractivity contribution >= 4 is 5.91 Å². The van der Waals surface area contributed by atoms with Crippen LogP contribution in [0.2, 0.25) is 0 Å². The Morgan fingerprint density at radius 2 is 1.78 bits per heavy atom. The molecule has 2 aromatic rings. The zero-order valence-corrected chi connectivity index (χ0v) is 16.0. The second-order valence-electron chi connectivity index (χ2n) is 7.03. The number of nitrogens with one attached hydrogen (secondary N) is 1. The van der Waals surface area contributed by atoms with E-state index in [-0.39, 0.29) is 12.5 Å². The molecule has 1 N–H and O–H groups in total. The molecule has 0 radical (unpaired) electrons. The lowest BCUT2D eigenvalue weighted by Crippen LogP contribution is -2.47. The van der Waals surface area contributed by atoms with Crippen LogP contribution in [-0.2, 0) is 4.79 Å².